The second-order valence-corrected chi connectivity index (χ2v) is 2.19. The van der Waals surface area contributed by atoms with Crippen molar-refractivity contribution in [2.75, 3.05) is 6.61 Å². The molecule has 0 saturated heterocycles. The molecule has 0 spiro atoms. The number of hydrogen-bond acceptors (Lipinski definition) is 1. The summed E-state index contributed by atoms with van der Waals surface area (Å²) in [6, 6.07) is 0.208. The van der Waals surface area contributed by atoms with Crippen molar-refractivity contribution < 1.29 is 10.8 Å². The lowest BCUT2D eigenvalue weighted by Crippen LogP contribution is -2.65. The fourth-order valence-electron chi connectivity index (χ4n) is 0.211. The molecular weight excluding hydrogens is 90.1 g/mol. The van der Waals surface area contributed by atoms with Crippen LogP contribution in [0, 0.1) is 5.92 Å². The maximum Gasteiger partial charge on any atom is 0.110 e. The van der Waals surface area contributed by atoms with Crippen molar-refractivity contribution in [1.29, 1.82) is 0 Å². The SMILES string of the molecule is CC(C)[C@@H]([NH3+])CO. The van der Waals surface area contributed by atoms with E-state index in [4.69, 9.17) is 5.11 Å². The van der Waals surface area contributed by atoms with Crippen LogP contribution in [-0.4, -0.2) is 17.8 Å². The van der Waals surface area contributed by atoms with Gasteiger partial charge in [0.15, 0.2) is 0 Å². The first-order valence-electron chi connectivity index (χ1n) is 2.62. The van der Waals surface area contributed by atoms with Crippen molar-refractivity contribution in [2.45, 2.75) is 19.9 Å². The molecule has 44 valence electrons. The Balaban J connectivity index is 3.14. The Morgan fingerprint density at radius 3 is 2.00 bits per heavy atom. The van der Waals surface area contributed by atoms with Gasteiger partial charge in [0.05, 0.1) is 6.61 Å². The summed E-state index contributed by atoms with van der Waals surface area (Å²) in [5, 5.41) is 8.44. The molecule has 4 N–H and O–H groups in total. The minimum atomic E-state index is 0.206. The number of aliphatic hydroxyl groups is 1. The lowest BCUT2D eigenvalue weighted by atomic mass is 10.1. The summed E-state index contributed by atoms with van der Waals surface area (Å²) in [5.74, 6) is 0.505. The van der Waals surface area contributed by atoms with Crippen molar-refractivity contribution in [1.82, 2.24) is 0 Å². The Morgan fingerprint density at radius 1 is 1.57 bits per heavy atom. The van der Waals surface area contributed by atoms with Crippen LogP contribution in [-0.2, 0) is 0 Å². The van der Waals surface area contributed by atoms with Gasteiger partial charge in [0.1, 0.15) is 6.04 Å². The third-order valence-electron chi connectivity index (χ3n) is 1.18. The van der Waals surface area contributed by atoms with Crippen LogP contribution in [0.15, 0.2) is 0 Å². The fourth-order valence-corrected chi connectivity index (χ4v) is 0.211. The summed E-state index contributed by atoms with van der Waals surface area (Å²) in [6.45, 7) is 4.30. The third kappa shape index (κ3) is 2.60. The molecule has 0 amide bonds. The van der Waals surface area contributed by atoms with Crippen molar-refractivity contribution in [3.05, 3.63) is 0 Å². The van der Waals surface area contributed by atoms with E-state index in [-0.39, 0.29) is 12.6 Å². The van der Waals surface area contributed by atoms with E-state index >= 15 is 0 Å². The summed E-state index contributed by atoms with van der Waals surface area (Å²) in [4.78, 5) is 0. The highest BCUT2D eigenvalue weighted by atomic mass is 16.3. The van der Waals surface area contributed by atoms with Crippen LogP contribution in [0.25, 0.3) is 0 Å². The van der Waals surface area contributed by atoms with E-state index in [1.54, 1.807) is 0 Å². The topological polar surface area (TPSA) is 47.9 Å². The Labute approximate surface area is 44.3 Å². The normalized spacial score (nSPS) is 15.0. The first-order chi connectivity index (χ1) is 3.18. The Morgan fingerprint density at radius 2 is 2.00 bits per heavy atom. The maximum atomic E-state index is 8.44. The van der Waals surface area contributed by atoms with Gasteiger partial charge in [0.25, 0.3) is 0 Å². The second-order valence-electron chi connectivity index (χ2n) is 2.19. The average molecular weight is 104 g/mol. The highest BCUT2D eigenvalue weighted by Gasteiger charge is 2.07. The molecule has 0 aliphatic rings. The van der Waals surface area contributed by atoms with Crippen LogP contribution < -0.4 is 5.73 Å². The molecule has 0 aromatic rings. The number of quaternary nitrogens is 1. The van der Waals surface area contributed by atoms with Gasteiger partial charge in [-0.15, -0.1) is 0 Å². The smallest absolute Gasteiger partial charge is 0.110 e. The van der Waals surface area contributed by atoms with E-state index in [9.17, 15) is 0 Å². The average Bonchev–Trinajstić information content (AvgIpc) is 1.65. The largest absolute Gasteiger partial charge is 0.390 e. The lowest BCUT2D eigenvalue weighted by Gasteiger charge is -2.06. The molecule has 0 saturated carbocycles. The molecule has 7 heavy (non-hydrogen) atoms. The van der Waals surface area contributed by atoms with Gasteiger partial charge in [-0.25, -0.2) is 0 Å². The molecule has 0 aromatic heterocycles. The van der Waals surface area contributed by atoms with Gasteiger partial charge in [0.2, 0.25) is 0 Å². The Kier molecular flexibility index (Phi) is 2.96. The quantitative estimate of drug-likeness (QED) is 0.475. The fraction of sp³-hybridized carbons (Fsp3) is 1.00. The van der Waals surface area contributed by atoms with Gasteiger partial charge in [-0.1, -0.05) is 13.8 Å². The van der Waals surface area contributed by atoms with Gasteiger partial charge < -0.3 is 10.8 Å². The minimum Gasteiger partial charge on any atom is -0.390 e. The van der Waals surface area contributed by atoms with E-state index in [0.29, 0.717) is 5.92 Å². The summed E-state index contributed by atoms with van der Waals surface area (Å²) in [7, 11) is 0. The Hall–Kier alpha value is -0.0800. The zero-order valence-electron chi connectivity index (χ0n) is 5.02. The molecule has 0 radical (unpaired) electrons. The van der Waals surface area contributed by atoms with Crippen molar-refractivity contribution in [3.63, 3.8) is 0 Å². The molecule has 0 aromatic carbocycles. The number of rotatable bonds is 2. The number of hydrogen-bond donors (Lipinski definition) is 2. The highest BCUT2D eigenvalue weighted by molar-refractivity contribution is 4.53. The first-order valence-corrected chi connectivity index (χ1v) is 2.62. The Bertz CT molecular complexity index is 45.3. The predicted molar refractivity (Wildman–Crippen MR) is 28.6 cm³/mol. The zero-order valence-corrected chi connectivity index (χ0v) is 5.02. The molecule has 1 atom stereocenters. The van der Waals surface area contributed by atoms with Crippen molar-refractivity contribution in [3.8, 4) is 0 Å². The first kappa shape index (κ1) is 6.92. The minimum absolute atomic E-state index is 0.206. The zero-order chi connectivity index (χ0) is 5.86. The van der Waals surface area contributed by atoms with Crippen LogP contribution in [0.4, 0.5) is 0 Å². The highest BCUT2D eigenvalue weighted by Crippen LogP contribution is 1.92. The standard InChI is InChI=1S/C5H13NO/c1-4(2)5(6)3-7/h4-5,7H,3,6H2,1-2H3/p+1/t5-/m0/s1. The summed E-state index contributed by atoms with van der Waals surface area (Å²) >= 11 is 0. The maximum absolute atomic E-state index is 8.44. The molecular formula is C5H14NO+. The summed E-state index contributed by atoms with van der Waals surface area (Å²) < 4.78 is 0. The van der Waals surface area contributed by atoms with Gasteiger partial charge >= 0.3 is 0 Å². The van der Waals surface area contributed by atoms with Crippen molar-refractivity contribution in [2.24, 2.45) is 5.92 Å². The molecule has 2 heteroatoms. The molecule has 2 nitrogen and oxygen atoms in total. The van der Waals surface area contributed by atoms with Crippen LogP contribution in [0.5, 0.6) is 0 Å². The van der Waals surface area contributed by atoms with Crippen LogP contribution in [0.3, 0.4) is 0 Å². The molecule has 0 rings (SSSR count). The van der Waals surface area contributed by atoms with E-state index in [1.807, 2.05) is 13.8 Å². The van der Waals surface area contributed by atoms with E-state index in [2.05, 4.69) is 5.73 Å². The van der Waals surface area contributed by atoms with Crippen molar-refractivity contribution >= 4 is 0 Å². The molecule has 0 aliphatic heterocycles. The second kappa shape index (κ2) is 2.99. The van der Waals surface area contributed by atoms with Gasteiger partial charge in [-0.3, -0.25) is 0 Å². The number of aliphatic hydroxyl groups excluding tert-OH is 1. The molecule has 0 unspecified atom stereocenters. The summed E-state index contributed by atoms with van der Waals surface area (Å²) in [5.41, 5.74) is 3.71. The monoisotopic (exact) mass is 104 g/mol. The molecule has 0 fully saturated rings. The summed E-state index contributed by atoms with van der Waals surface area (Å²) in [6.07, 6.45) is 0. The van der Waals surface area contributed by atoms with Gasteiger partial charge in [-0.05, 0) is 0 Å². The van der Waals surface area contributed by atoms with E-state index in [1.165, 1.54) is 0 Å². The van der Waals surface area contributed by atoms with Crippen LogP contribution in [0.1, 0.15) is 13.8 Å². The third-order valence-corrected chi connectivity index (χ3v) is 1.18. The van der Waals surface area contributed by atoms with Crippen LogP contribution >= 0.6 is 0 Å². The predicted octanol–water partition coefficient (Wildman–Crippen LogP) is -0.755. The van der Waals surface area contributed by atoms with Gasteiger partial charge in [-0.2, -0.15) is 0 Å². The van der Waals surface area contributed by atoms with Gasteiger partial charge in [0, 0.05) is 5.92 Å². The van der Waals surface area contributed by atoms with E-state index < -0.39 is 0 Å². The lowest BCUT2D eigenvalue weighted by molar-refractivity contribution is -0.436. The molecule has 0 aliphatic carbocycles. The molecule has 0 bridgehead atoms. The molecule has 0 heterocycles. The van der Waals surface area contributed by atoms with E-state index in [0.717, 1.165) is 0 Å². The van der Waals surface area contributed by atoms with Crippen LogP contribution in [0.2, 0.25) is 0 Å².